The van der Waals surface area contributed by atoms with Crippen LogP contribution in [0, 0.1) is 0 Å². The monoisotopic (exact) mass is 440 g/mol. The number of anilines is 2. The van der Waals surface area contributed by atoms with E-state index in [1.54, 1.807) is 12.1 Å². The molecule has 1 aliphatic heterocycles. The molecule has 1 aliphatic carbocycles. The minimum atomic E-state index is -3.78. The summed E-state index contributed by atoms with van der Waals surface area (Å²) >= 11 is 1.37. The number of aromatic nitrogens is 2. The van der Waals surface area contributed by atoms with Crippen LogP contribution in [0.3, 0.4) is 0 Å². The zero-order valence-electron chi connectivity index (χ0n) is 16.1. The van der Waals surface area contributed by atoms with Crippen molar-refractivity contribution in [3.8, 4) is 0 Å². The lowest BCUT2D eigenvalue weighted by Gasteiger charge is -2.30. The molecule has 0 radical (unpaired) electrons. The van der Waals surface area contributed by atoms with Gasteiger partial charge in [0.2, 0.25) is 5.13 Å². The summed E-state index contributed by atoms with van der Waals surface area (Å²) in [7, 11) is -3.78. The summed E-state index contributed by atoms with van der Waals surface area (Å²) in [5.41, 5.74) is 1.99. The number of nitrogens with zero attached hydrogens (tertiary/aromatic N) is 3. The van der Waals surface area contributed by atoms with E-state index in [0.717, 1.165) is 36.3 Å². The SMILES string of the molecule is O=C(Nc1nnc(C2CC2)s1)c1cccc(S(=O)(=O)N2CCCc3ccccc32)c1. The van der Waals surface area contributed by atoms with Crippen molar-refractivity contribution in [2.24, 2.45) is 0 Å². The highest BCUT2D eigenvalue weighted by Gasteiger charge is 2.30. The second kappa shape index (κ2) is 7.48. The molecule has 154 valence electrons. The lowest BCUT2D eigenvalue weighted by Crippen LogP contribution is -2.35. The van der Waals surface area contributed by atoms with Crippen LogP contribution in [-0.4, -0.2) is 31.1 Å². The molecule has 3 aromatic rings. The summed E-state index contributed by atoms with van der Waals surface area (Å²) in [6.45, 7) is 0.421. The topological polar surface area (TPSA) is 92.3 Å². The number of carbonyl (C=O) groups excluding carboxylic acids is 1. The van der Waals surface area contributed by atoms with Gasteiger partial charge in [0, 0.05) is 18.0 Å². The van der Waals surface area contributed by atoms with Crippen LogP contribution in [0.15, 0.2) is 53.4 Å². The fourth-order valence-electron chi connectivity index (χ4n) is 3.62. The zero-order valence-corrected chi connectivity index (χ0v) is 17.7. The summed E-state index contributed by atoms with van der Waals surface area (Å²) in [5.74, 6) is 0.0682. The third-order valence-corrected chi connectivity index (χ3v) is 8.15. The van der Waals surface area contributed by atoms with Gasteiger partial charge in [-0.05, 0) is 55.5 Å². The molecular formula is C21H20N4O3S2. The largest absolute Gasteiger partial charge is 0.296 e. The van der Waals surface area contributed by atoms with Crippen molar-refractivity contribution in [1.82, 2.24) is 10.2 Å². The summed E-state index contributed by atoms with van der Waals surface area (Å²) in [6, 6.07) is 13.7. The third-order valence-electron chi connectivity index (χ3n) is 5.34. The number of para-hydroxylation sites is 1. The Balaban J connectivity index is 1.40. The van der Waals surface area contributed by atoms with Crippen molar-refractivity contribution in [1.29, 1.82) is 0 Å². The maximum absolute atomic E-state index is 13.3. The van der Waals surface area contributed by atoms with E-state index in [2.05, 4.69) is 15.5 Å². The van der Waals surface area contributed by atoms with E-state index >= 15 is 0 Å². The molecule has 1 fully saturated rings. The molecule has 0 unspecified atom stereocenters. The van der Waals surface area contributed by atoms with E-state index in [1.807, 2.05) is 24.3 Å². The maximum Gasteiger partial charge on any atom is 0.264 e. The number of benzene rings is 2. The fraction of sp³-hybridized carbons (Fsp3) is 0.286. The van der Waals surface area contributed by atoms with Crippen LogP contribution >= 0.6 is 11.3 Å². The van der Waals surface area contributed by atoms with Crippen LogP contribution in [0.1, 0.15) is 46.1 Å². The lowest BCUT2D eigenvalue weighted by molar-refractivity contribution is 0.102. The highest BCUT2D eigenvalue weighted by molar-refractivity contribution is 7.92. The second-order valence-electron chi connectivity index (χ2n) is 7.51. The second-order valence-corrected chi connectivity index (χ2v) is 10.4. The van der Waals surface area contributed by atoms with E-state index in [-0.39, 0.29) is 10.5 Å². The van der Waals surface area contributed by atoms with Crippen LogP contribution < -0.4 is 9.62 Å². The number of hydrogen-bond acceptors (Lipinski definition) is 6. The van der Waals surface area contributed by atoms with Gasteiger partial charge in [-0.1, -0.05) is 35.6 Å². The zero-order chi connectivity index (χ0) is 20.7. The number of nitrogens with one attached hydrogen (secondary N) is 1. The molecule has 1 amide bonds. The molecule has 30 heavy (non-hydrogen) atoms. The molecule has 0 atom stereocenters. The maximum atomic E-state index is 13.3. The van der Waals surface area contributed by atoms with E-state index in [0.29, 0.717) is 23.3 Å². The number of amides is 1. The molecule has 0 spiro atoms. The van der Waals surface area contributed by atoms with E-state index < -0.39 is 15.9 Å². The van der Waals surface area contributed by atoms with Gasteiger partial charge in [-0.15, -0.1) is 10.2 Å². The Morgan fingerprint density at radius 1 is 1.10 bits per heavy atom. The Morgan fingerprint density at radius 2 is 1.93 bits per heavy atom. The number of fused-ring (bicyclic) bond motifs is 1. The van der Waals surface area contributed by atoms with Gasteiger partial charge in [-0.3, -0.25) is 14.4 Å². The minimum Gasteiger partial charge on any atom is -0.296 e. The van der Waals surface area contributed by atoms with E-state index in [4.69, 9.17) is 0 Å². The molecule has 9 heteroatoms. The van der Waals surface area contributed by atoms with Crippen LogP contribution in [0.25, 0.3) is 0 Å². The first-order valence-electron chi connectivity index (χ1n) is 9.88. The average Bonchev–Trinajstić information content (AvgIpc) is 3.52. The van der Waals surface area contributed by atoms with Gasteiger partial charge in [-0.2, -0.15) is 0 Å². The smallest absolute Gasteiger partial charge is 0.264 e. The van der Waals surface area contributed by atoms with Crippen molar-refractivity contribution < 1.29 is 13.2 Å². The van der Waals surface area contributed by atoms with Gasteiger partial charge in [0.05, 0.1) is 10.6 Å². The van der Waals surface area contributed by atoms with Crippen LogP contribution in [0.4, 0.5) is 10.8 Å². The number of sulfonamides is 1. The number of aryl methyl sites for hydroxylation is 1. The Morgan fingerprint density at radius 3 is 2.77 bits per heavy atom. The summed E-state index contributed by atoms with van der Waals surface area (Å²) in [5, 5.41) is 12.2. The van der Waals surface area contributed by atoms with Crippen LogP contribution in [0.2, 0.25) is 0 Å². The standard InChI is InChI=1S/C21H20N4O3S2/c26-19(22-21-24-23-20(29-21)15-10-11-15)16-6-3-8-17(13-16)30(27,28)25-12-4-7-14-5-1-2-9-18(14)25/h1-3,5-6,8-9,13,15H,4,7,10-12H2,(H,22,24,26). The molecule has 5 rings (SSSR count). The number of carbonyl (C=O) groups is 1. The molecule has 2 heterocycles. The van der Waals surface area contributed by atoms with Crippen molar-refractivity contribution >= 4 is 38.1 Å². The molecular weight excluding hydrogens is 420 g/mol. The quantitative estimate of drug-likeness (QED) is 0.651. The van der Waals surface area contributed by atoms with Crippen molar-refractivity contribution in [3.63, 3.8) is 0 Å². The first-order valence-corrected chi connectivity index (χ1v) is 12.1. The lowest BCUT2D eigenvalue weighted by atomic mass is 10.0. The summed E-state index contributed by atoms with van der Waals surface area (Å²) in [6.07, 6.45) is 3.84. The van der Waals surface area contributed by atoms with Gasteiger partial charge in [0.15, 0.2) is 0 Å². The third kappa shape index (κ3) is 3.59. The van der Waals surface area contributed by atoms with Crippen LogP contribution in [0.5, 0.6) is 0 Å². The fourth-order valence-corrected chi connectivity index (χ4v) is 6.12. The van der Waals surface area contributed by atoms with Gasteiger partial charge in [0.1, 0.15) is 5.01 Å². The van der Waals surface area contributed by atoms with Gasteiger partial charge < -0.3 is 0 Å². The highest BCUT2D eigenvalue weighted by atomic mass is 32.2. The predicted octanol–water partition coefficient (Wildman–Crippen LogP) is 3.81. The first kappa shape index (κ1) is 19.2. The predicted molar refractivity (Wildman–Crippen MR) is 116 cm³/mol. The first-order chi connectivity index (χ1) is 14.5. The van der Waals surface area contributed by atoms with Gasteiger partial charge in [0.25, 0.3) is 15.9 Å². The Hall–Kier alpha value is -2.78. The normalized spacial score (nSPS) is 16.2. The molecule has 1 saturated carbocycles. The van der Waals surface area contributed by atoms with E-state index in [9.17, 15) is 13.2 Å². The van der Waals surface area contributed by atoms with Crippen molar-refractivity contribution in [2.45, 2.75) is 36.5 Å². The number of hydrogen-bond donors (Lipinski definition) is 1. The van der Waals surface area contributed by atoms with Crippen molar-refractivity contribution in [2.75, 3.05) is 16.2 Å². The van der Waals surface area contributed by atoms with Gasteiger partial charge in [-0.25, -0.2) is 8.42 Å². The Kier molecular flexibility index (Phi) is 4.79. The molecule has 2 aliphatic rings. The highest BCUT2D eigenvalue weighted by Crippen LogP contribution is 2.42. The number of rotatable bonds is 5. The van der Waals surface area contributed by atoms with Crippen LogP contribution in [-0.2, 0) is 16.4 Å². The van der Waals surface area contributed by atoms with Crippen molar-refractivity contribution in [3.05, 3.63) is 64.7 Å². The molecule has 7 nitrogen and oxygen atoms in total. The summed E-state index contributed by atoms with van der Waals surface area (Å²) < 4.78 is 28.1. The van der Waals surface area contributed by atoms with E-state index in [1.165, 1.54) is 27.8 Å². The molecule has 0 bridgehead atoms. The Bertz CT molecular complexity index is 1220. The Labute approximate surface area is 178 Å². The molecule has 1 aromatic heterocycles. The molecule has 1 N–H and O–H groups in total. The summed E-state index contributed by atoms with van der Waals surface area (Å²) in [4.78, 5) is 12.8. The molecule has 2 aromatic carbocycles. The van der Waals surface area contributed by atoms with Gasteiger partial charge >= 0.3 is 0 Å². The minimum absolute atomic E-state index is 0.0998. The average molecular weight is 441 g/mol. The molecule has 0 saturated heterocycles.